The van der Waals surface area contributed by atoms with E-state index < -0.39 is 0 Å². The molecule has 1 nitrogen and oxygen atoms in total. The highest BCUT2D eigenvalue weighted by Crippen LogP contribution is 2.30. The van der Waals surface area contributed by atoms with Gasteiger partial charge in [-0.25, -0.2) is 0 Å². The van der Waals surface area contributed by atoms with Gasteiger partial charge in [-0.1, -0.05) is 46.1 Å². The minimum absolute atomic E-state index is 0.384. The fraction of sp³-hybridized carbons (Fsp3) is 0.905. The lowest BCUT2D eigenvalue weighted by Crippen LogP contribution is -2.47. The Bertz CT molecular complexity index is 286. The van der Waals surface area contributed by atoms with Crippen LogP contribution in [-0.2, 0) is 0 Å². The van der Waals surface area contributed by atoms with Gasteiger partial charge in [-0.2, -0.15) is 0 Å². The van der Waals surface area contributed by atoms with E-state index in [1.807, 2.05) is 6.92 Å². The van der Waals surface area contributed by atoms with E-state index in [1.165, 1.54) is 70.0 Å². The summed E-state index contributed by atoms with van der Waals surface area (Å²) in [5, 5.41) is 0. The van der Waals surface area contributed by atoms with Crippen LogP contribution in [0.3, 0.4) is 0 Å². The van der Waals surface area contributed by atoms with Crippen molar-refractivity contribution in [3.8, 4) is 0 Å². The van der Waals surface area contributed by atoms with Crippen LogP contribution in [0.4, 0.5) is 0 Å². The maximum atomic E-state index is 3.29. The molecule has 0 heterocycles. The van der Waals surface area contributed by atoms with Crippen LogP contribution < -0.4 is 0 Å². The van der Waals surface area contributed by atoms with Crippen molar-refractivity contribution >= 4 is 0 Å². The molecule has 0 saturated carbocycles. The van der Waals surface area contributed by atoms with E-state index in [0.717, 1.165) is 5.92 Å². The summed E-state index contributed by atoms with van der Waals surface area (Å²) in [6.45, 7) is 18.6. The number of hydrogen-bond donors (Lipinski definition) is 0. The van der Waals surface area contributed by atoms with Gasteiger partial charge in [0.25, 0.3) is 0 Å². The summed E-state index contributed by atoms with van der Waals surface area (Å²) in [7, 11) is 0. The molecule has 131 valence electrons. The lowest BCUT2D eigenvalue weighted by molar-refractivity contribution is 0.0796. The van der Waals surface area contributed by atoms with E-state index in [-0.39, 0.29) is 0 Å². The van der Waals surface area contributed by atoms with E-state index in [0.29, 0.717) is 5.54 Å². The third-order valence-electron chi connectivity index (χ3n) is 4.94. The molecular formula is C21H42N. The Hall–Kier alpha value is -0.300. The standard InChI is InChI=1S/C21H42N/c1-8-17-22(18-9-2)21(7,15-11-13-19(4)5)16-12-14-20(6)10-3/h19H,8-9,11-18H2,1-7H3/t21-/m0/s1. The zero-order valence-corrected chi connectivity index (χ0v) is 16.6. The highest BCUT2D eigenvalue weighted by Gasteiger charge is 2.29. The first-order valence-electron chi connectivity index (χ1n) is 9.64. The highest BCUT2D eigenvalue weighted by atomic mass is 15.2. The Morgan fingerprint density at radius 2 is 1.59 bits per heavy atom. The lowest BCUT2D eigenvalue weighted by atomic mass is 9.85. The molecule has 0 N–H and O–H groups in total. The van der Waals surface area contributed by atoms with Crippen LogP contribution in [0, 0.1) is 12.0 Å². The Morgan fingerprint density at radius 1 is 1.05 bits per heavy atom. The summed E-state index contributed by atoms with van der Waals surface area (Å²) in [5.74, 6) is 0.829. The second-order valence-electron chi connectivity index (χ2n) is 7.65. The molecule has 0 rings (SSSR count). The maximum absolute atomic E-state index is 3.29. The predicted octanol–water partition coefficient (Wildman–Crippen LogP) is 6.63. The predicted molar refractivity (Wildman–Crippen MR) is 101 cm³/mol. The molecule has 0 amide bonds. The van der Waals surface area contributed by atoms with E-state index in [9.17, 15) is 0 Å². The molecule has 0 aliphatic carbocycles. The molecule has 1 atom stereocenters. The first-order chi connectivity index (χ1) is 10.4. The SMILES string of the molecule is C/[C]=C(\C)CCC[C@](C)(CCCC(C)C)N(CCC)CCC. The third-order valence-corrected chi connectivity index (χ3v) is 4.94. The smallest absolute Gasteiger partial charge is 0.0181 e. The largest absolute Gasteiger partial charge is 0.298 e. The average molecular weight is 309 g/mol. The number of rotatable bonds is 13. The van der Waals surface area contributed by atoms with Crippen LogP contribution in [0.2, 0.25) is 0 Å². The molecule has 0 aromatic rings. The van der Waals surface area contributed by atoms with Gasteiger partial charge in [-0.15, -0.1) is 0 Å². The van der Waals surface area contributed by atoms with Crippen LogP contribution in [0.5, 0.6) is 0 Å². The van der Waals surface area contributed by atoms with Gasteiger partial charge < -0.3 is 0 Å². The van der Waals surface area contributed by atoms with Gasteiger partial charge in [0.05, 0.1) is 0 Å². The topological polar surface area (TPSA) is 3.24 Å². The van der Waals surface area contributed by atoms with Crippen LogP contribution in [-0.4, -0.2) is 23.5 Å². The Morgan fingerprint density at radius 3 is 2.05 bits per heavy atom. The van der Waals surface area contributed by atoms with E-state index >= 15 is 0 Å². The summed E-state index contributed by atoms with van der Waals surface area (Å²) in [5.41, 5.74) is 1.80. The Labute approximate surface area is 141 Å². The third kappa shape index (κ3) is 8.98. The molecule has 0 unspecified atom stereocenters. The van der Waals surface area contributed by atoms with Gasteiger partial charge >= 0.3 is 0 Å². The Kier molecular flexibility index (Phi) is 12.0. The van der Waals surface area contributed by atoms with Gasteiger partial charge in [0.2, 0.25) is 0 Å². The fourth-order valence-corrected chi connectivity index (χ4v) is 3.38. The summed E-state index contributed by atoms with van der Waals surface area (Å²) in [6.07, 6.45) is 13.7. The normalized spacial score (nSPS) is 15.6. The summed E-state index contributed by atoms with van der Waals surface area (Å²) >= 11 is 0. The number of nitrogens with zero attached hydrogens (tertiary/aromatic N) is 1. The first kappa shape index (κ1) is 21.7. The van der Waals surface area contributed by atoms with Crippen LogP contribution in [0.25, 0.3) is 0 Å². The van der Waals surface area contributed by atoms with Gasteiger partial charge in [0.15, 0.2) is 0 Å². The summed E-state index contributed by atoms with van der Waals surface area (Å²) < 4.78 is 0. The summed E-state index contributed by atoms with van der Waals surface area (Å²) in [4.78, 5) is 2.78. The van der Waals surface area contributed by atoms with E-state index in [4.69, 9.17) is 0 Å². The van der Waals surface area contributed by atoms with Crippen molar-refractivity contribution in [1.29, 1.82) is 0 Å². The van der Waals surface area contributed by atoms with Crippen LogP contribution in [0.15, 0.2) is 5.57 Å². The van der Waals surface area contributed by atoms with Gasteiger partial charge in [-0.3, -0.25) is 4.90 Å². The molecule has 22 heavy (non-hydrogen) atoms. The van der Waals surface area contributed by atoms with Gasteiger partial charge in [0.1, 0.15) is 0 Å². The highest BCUT2D eigenvalue weighted by molar-refractivity contribution is 4.92. The van der Waals surface area contributed by atoms with Crippen molar-refractivity contribution < 1.29 is 0 Å². The second kappa shape index (κ2) is 12.2. The molecule has 0 aliphatic heterocycles. The minimum Gasteiger partial charge on any atom is -0.298 e. The lowest BCUT2D eigenvalue weighted by Gasteiger charge is -2.42. The molecular weight excluding hydrogens is 266 g/mol. The monoisotopic (exact) mass is 308 g/mol. The summed E-state index contributed by atoms with van der Waals surface area (Å²) in [6, 6.07) is 0. The molecule has 0 saturated heterocycles. The van der Waals surface area contributed by atoms with E-state index in [1.54, 1.807) is 0 Å². The van der Waals surface area contributed by atoms with Gasteiger partial charge in [0, 0.05) is 5.54 Å². The number of hydrogen-bond acceptors (Lipinski definition) is 1. The molecule has 1 radical (unpaired) electrons. The second-order valence-corrected chi connectivity index (χ2v) is 7.65. The quantitative estimate of drug-likeness (QED) is 0.369. The Balaban J connectivity index is 4.75. The van der Waals surface area contributed by atoms with Crippen molar-refractivity contribution in [1.82, 2.24) is 4.90 Å². The molecule has 0 aromatic carbocycles. The number of allylic oxidation sites excluding steroid dienone is 2. The molecule has 0 bridgehead atoms. The van der Waals surface area contributed by atoms with Crippen molar-refractivity contribution in [2.24, 2.45) is 5.92 Å². The minimum atomic E-state index is 0.384. The van der Waals surface area contributed by atoms with Crippen molar-refractivity contribution in [2.45, 2.75) is 105 Å². The molecule has 0 aromatic heterocycles. The first-order valence-corrected chi connectivity index (χ1v) is 9.64. The van der Waals surface area contributed by atoms with Crippen molar-refractivity contribution in [2.75, 3.05) is 13.1 Å². The zero-order chi connectivity index (χ0) is 17.0. The molecule has 1 heteroatoms. The van der Waals surface area contributed by atoms with E-state index in [2.05, 4.69) is 52.5 Å². The molecule has 0 fully saturated rings. The zero-order valence-electron chi connectivity index (χ0n) is 16.6. The van der Waals surface area contributed by atoms with Crippen LogP contribution in [0.1, 0.15) is 99.8 Å². The van der Waals surface area contributed by atoms with Crippen molar-refractivity contribution in [3.05, 3.63) is 11.6 Å². The maximum Gasteiger partial charge on any atom is 0.0181 e. The van der Waals surface area contributed by atoms with Gasteiger partial charge in [-0.05, 0) is 84.4 Å². The molecule has 0 aliphatic rings. The fourth-order valence-electron chi connectivity index (χ4n) is 3.38. The van der Waals surface area contributed by atoms with Crippen LogP contribution >= 0.6 is 0 Å². The average Bonchev–Trinajstić information content (AvgIpc) is 2.46. The molecule has 0 spiro atoms. The van der Waals surface area contributed by atoms with Crippen molar-refractivity contribution in [3.63, 3.8) is 0 Å².